The molecule has 0 saturated carbocycles. The third-order valence-corrected chi connectivity index (χ3v) is 3.23. The Morgan fingerprint density at radius 1 is 1.47 bits per heavy atom. The minimum absolute atomic E-state index is 0.190. The Labute approximate surface area is 110 Å². The molecule has 1 aromatic rings. The van der Waals surface area contributed by atoms with Crippen molar-refractivity contribution < 1.29 is 9.90 Å². The number of carbonyl (C=O) groups excluding carboxylic acids is 1. The Balaban J connectivity index is 2.19. The lowest BCUT2D eigenvalue weighted by molar-refractivity contribution is 0.0951. The van der Waals surface area contributed by atoms with Crippen LogP contribution in [0.25, 0.3) is 0 Å². The Morgan fingerprint density at radius 3 is 2.94 bits per heavy atom. The van der Waals surface area contributed by atoms with Gasteiger partial charge in [0.2, 0.25) is 0 Å². The van der Waals surface area contributed by atoms with Gasteiger partial charge in [-0.1, -0.05) is 11.6 Å². The van der Waals surface area contributed by atoms with Crippen molar-refractivity contribution in [3.05, 3.63) is 29.0 Å². The van der Waals surface area contributed by atoms with Gasteiger partial charge < -0.3 is 10.4 Å². The first-order valence-corrected chi connectivity index (χ1v) is 6.85. The van der Waals surface area contributed by atoms with Crippen molar-refractivity contribution in [2.75, 3.05) is 24.7 Å². The number of aliphatic hydroxyl groups excluding tert-OH is 1. The van der Waals surface area contributed by atoms with Gasteiger partial charge in [-0.15, -0.1) is 0 Å². The number of nitrogens with zero attached hydrogens (tertiary/aromatic N) is 1. The van der Waals surface area contributed by atoms with E-state index in [1.807, 2.05) is 0 Å². The monoisotopic (exact) mass is 274 g/mol. The molecule has 0 bridgehead atoms. The second kappa shape index (κ2) is 8.33. The van der Waals surface area contributed by atoms with E-state index in [0.29, 0.717) is 17.3 Å². The molecule has 2 N–H and O–H groups in total. The SMILES string of the molecule is O=C(NCCSCCCO)c1ccc(Cl)cn1. The summed E-state index contributed by atoms with van der Waals surface area (Å²) < 4.78 is 0. The molecule has 0 aliphatic carbocycles. The highest BCUT2D eigenvalue weighted by atomic mass is 35.5. The summed E-state index contributed by atoms with van der Waals surface area (Å²) in [7, 11) is 0. The second-order valence-electron chi connectivity index (χ2n) is 3.31. The maximum Gasteiger partial charge on any atom is 0.269 e. The number of aromatic nitrogens is 1. The number of nitrogens with one attached hydrogen (secondary N) is 1. The summed E-state index contributed by atoms with van der Waals surface area (Å²) in [5, 5.41) is 11.9. The van der Waals surface area contributed by atoms with Gasteiger partial charge >= 0.3 is 0 Å². The number of hydrogen-bond acceptors (Lipinski definition) is 4. The number of thioether (sulfide) groups is 1. The summed E-state index contributed by atoms with van der Waals surface area (Å²) in [4.78, 5) is 15.5. The Morgan fingerprint density at radius 2 is 2.29 bits per heavy atom. The van der Waals surface area contributed by atoms with Gasteiger partial charge in [-0.2, -0.15) is 11.8 Å². The highest BCUT2D eigenvalue weighted by Crippen LogP contribution is 2.06. The maximum absolute atomic E-state index is 11.6. The smallest absolute Gasteiger partial charge is 0.269 e. The number of hydrogen-bond donors (Lipinski definition) is 2. The molecule has 1 heterocycles. The Hall–Kier alpha value is -0.780. The summed E-state index contributed by atoms with van der Waals surface area (Å²) >= 11 is 7.37. The van der Waals surface area contributed by atoms with E-state index >= 15 is 0 Å². The largest absolute Gasteiger partial charge is 0.396 e. The van der Waals surface area contributed by atoms with Gasteiger partial charge in [0.05, 0.1) is 5.02 Å². The third kappa shape index (κ3) is 5.91. The molecule has 0 unspecified atom stereocenters. The molecule has 0 atom stereocenters. The summed E-state index contributed by atoms with van der Waals surface area (Å²) in [5.41, 5.74) is 0.370. The quantitative estimate of drug-likeness (QED) is 0.741. The van der Waals surface area contributed by atoms with Crippen molar-refractivity contribution in [2.45, 2.75) is 6.42 Å². The van der Waals surface area contributed by atoms with Crippen LogP contribution in [0.5, 0.6) is 0 Å². The number of halogens is 1. The second-order valence-corrected chi connectivity index (χ2v) is 4.97. The van der Waals surface area contributed by atoms with Gasteiger partial charge in [-0.25, -0.2) is 4.98 Å². The lowest BCUT2D eigenvalue weighted by Crippen LogP contribution is -2.26. The van der Waals surface area contributed by atoms with E-state index in [9.17, 15) is 4.79 Å². The molecule has 0 aliphatic heterocycles. The first-order chi connectivity index (χ1) is 8.24. The van der Waals surface area contributed by atoms with Crippen molar-refractivity contribution in [1.29, 1.82) is 0 Å². The molecule has 4 nitrogen and oxygen atoms in total. The minimum atomic E-state index is -0.190. The molecule has 0 aliphatic rings. The number of aliphatic hydroxyl groups is 1. The lowest BCUT2D eigenvalue weighted by atomic mass is 10.3. The van der Waals surface area contributed by atoms with E-state index in [1.54, 1.807) is 23.9 Å². The van der Waals surface area contributed by atoms with E-state index < -0.39 is 0 Å². The fourth-order valence-electron chi connectivity index (χ4n) is 1.11. The van der Waals surface area contributed by atoms with E-state index in [4.69, 9.17) is 16.7 Å². The molecule has 0 spiro atoms. The molecule has 1 amide bonds. The molecule has 0 aromatic carbocycles. The van der Waals surface area contributed by atoms with E-state index in [2.05, 4.69) is 10.3 Å². The van der Waals surface area contributed by atoms with Crippen molar-refractivity contribution in [3.63, 3.8) is 0 Å². The van der Waals surface area contributed by atoms with E-state index in [0.717, 1.165) is 17.9 Å². The van der Waals surface area contributed by atoms with Gasteiger partial charge in [0, 0.05) is 25.1 Å². The van der Waals surface area contributed by atoms with Crippen LogP contribution in [0.3, 0.4) is 0 Å². The molecule has 6 heteroatoms. The van der Waals surface area contributed by atoms with Crippen LogP contribution in [0.1, 0.15) is 16.9 Å². The van der Waals surface area contributed by atoms with Crippen LogP contribution >= 0.6 is 23.4 Å². The summed E-state index contributed by atoms with van der Waals surface area (Å²) in [6.07, 6.45) is 2.24. The van der Waals surface area contributed by atoms with Crippen molar-refractivity contribution in [3.8, 4) is 0 Å². The van der Waals surface area contributed by atoms with Gasteiger partial charge in [0.25, 0.3) is 5.91 Å². The predicted octanol–water partition coefficient (Wildman–Crippen LogP) is 1.58. The predicted molar refractivity (Wildman–Crippen MR) is 70.6 cm³/mol. The molecular weight excluding hydrogens is 260 g/mol. The van der Waals surface area contributed by atoms with Gasteiger partial charge in [-0.05, 0) is 24.3 Å². The Kier molecular flexibility index (Phi) is 7.00. The number of amides is 1. The van der Waals surface area contributed by atoms with Crippen LogP contribution in [-0.2, 0) is 0 Å². The van der Waals surface area contributed by atoms with Crippen LogP contribution in [-0.4, -0.2) is 40.7 Å². The summed E-state index contributed by atoms with van der Waals surface area (Å²) in [5.74, 6) is 1.55. The topological polar surface area (TPSA) is 62.2 Å². The van der Waals surface area contributed by atoms with Crippen LogP contribution in [0.2, 0.25) is 5.02 Å². The number of rotatable bonds is 7. The highest BCUT2D eigenvalue weighted by molar-refractivity contribution is 7.99. The maximum atomic E-state index is 11.6. The molecule has 17 heavy (non-hydrogen) atoms. The lowest BCUT2D eigenvalue weighted by Gasteiger charge is -2.04. The molecule has 1 rings (SSSR count). The van der Waals surface area contributed by atoms with Crippen LogP contribution in [0.4, 0.5) is 0 Å². The number of pyridine rings is 1. The zero-order valence-electron chi connectivity index (χ0n) is 9.36. The molecule has 0 radical (unpaired) electrons. The normalized spacial score (nSPS) is 10.2. The average molecular weight is 275 g/mol. The molecule has 94 valence electrons. The van der Waals surface area contributed by atoms with Crippen LogP contribution < -0.4 is 5.32 Å². The van der Waals surface area contributed by atoms with Crippen LogP contribution in [0.15, 0.2) is 18.3 Å². The van der Waals surface area contributed by atoms with Crippen molar-refractivity contribution in [1.82, 2.24) is 10.3 Å². The van der Waals surface area contributed by atoms with Gasteiger partial charge in [0.1, 0.15) is 5.69 Å². The summed E-state index contributed by atoms with van der Waals surface area (Å²) in [6.45, 7) is 0.813. The molecule has 1 aromatic heterocycles. The molecule has 0 fully saturated rings. The van der Waals surface area contributed by atoms with Gasteiger partial charge in [0.15, 0.2) is 0 Å². The first kappa shape index (κ1) is 14.3. The van der Waals surface area contributed by atoms with E-state index in [1.165, 1.54) is 6.20 Å². The zero-order valence-corrected chi connectivity index (χ0v) is 10.9. The molecule has 0 saturated heterocycles. The van der Waals surface area contributed by atoms with Crippen LogP contribution in [0, 0.1) is 0 Å². The Bertz CT molecular complexity index is 346. The van der Waals surface area contributed by atoms with Gasteiger partial charge in [-0.3, -0.25) is 4.79 Å². The van der Waals surface area contributed by atoms with E-state index in [-0.39, 0.29) is 12.5 Å². The minimum Gasteiger partial charge on any atom is -0.396 e. The average Bonchev–Trinajstić information content (AvgIpc) is 2.34. The highest BCUT2D eigenvalue weighted by Gasteiger charge is 2.05. The first-order valence-electron chi connectivity index (χ1n) is 5.32. The van der Waals surface area contributed by atoms with Crippen molar-refractivity contribution >= 4 is 29.3 Å². The summed E-state index contributed by atoms with van der Waals surface area (Å²) in [6, 6.07) is 3.23. The fourth-order valence-corrected chi connectivity index (χ4v) is 2.00. The van der Waals surface area contributed by atoms with Crippen molar-refractivity contribution in [2.24, 2.45) is 0 Å². The molecular formula is C11H15ClN2O2S. The third-order valence-electron chi connectivity index (χ3n) is 1.94. The fraction of sp³-hybridized carbons (Fsp3) is 0.455. The zero-order chi connectivity index (χ0) is 12.5. The standard InChI is InChI=1S/C11H15ClN2O2S/c12-9-2-3-10(14-8-9)11(16)13-4-7-17-6-1-5-15/h2-3,8,15H,1,4-7H2,(H,13,16). The number of carbonyl (C=O) groups is 1.